The van der Waals surface area contributed by atoms with Crippen molar-refractivity contribution in [3.63, 3.8) is 0 Å². The number of carbonyl (C=O) groups is 2. The lowest BCUT2D eigenvalue weighted by atomic mass is 10.1. The Kier molecular flexibility index (Phi) is 7.19. The van der Waals surface area contributed by atoms with Crippen LogP contribution >= 0.6 is 0 Å². The van der Waals surface area contributed by atoms with Gasteiger partial charge in [0.25, 0.3) is 0 Å². The van der Waals surface area contributed by atoms with Gasteiger partial charge in [0.1, 0.15) is 6.04 Å². The van der Waals surface area contributed by atoms with Gasteiger partial charge in [-0.3, -0.25) is 14.5 Å². The SMILES string of the molecule is C/C(=C\C(=O)N[C@@H](C)C(=O)N1CCN(Cc2ccccc2)CC1)c1ccccc1. The minimum atomic E-state index is -0.539. The summed E-state index contributed by atoms with van der Waals surface area (Å²) >= 11 is 0. The van der Waals surface area contributed by atoms with E-state index in [4.69, 9.17) is 0 Å². The maximum atomic E-state index is 12.7. The van der Waals surface area contributed by atoms with Crippen molar-refractivity contribution < 1.29 is 9.59 Å². The van der Waals surface area contributed by atoms with E-state index in [1.54, 1.807) is 13.0 Å². The van der Waals surface area contributed by atoms with E-state index >= 15 is 0 Å². The monoisotopic (exact) mass is 391 g/mol. The van der Waals surface area contributed by atoms with Crippen LogP contribution < -0.4 is 5.32 Å². The van der Waals surface area contributed by atoms with E-state index in [0.29, 0.717) is 13.1 Å². The fourth-order valence-corrected chi connectivity index (χ4v) is 3.54. The average molecular weight is 392 g/mol. The second-order valence-electron chi connectivity index (χ2n) is 7.51. The van der Waals surface area contributed by atoms with Crippen LogP contribution in [0, 0.1) is 0 Å². The van der Waals surface area contributed by atoms with Gasteiger partial charge in [-0.05, 0) is 30.5 Å². The number of nitrogens with zero attached hydrogens (tertiary/aromatic N) is 2. The van der Waals surface area contributed by atoms with Crippen LogP contribution in [-0.4, -0.2) is 53.8 Å². The number of hydrogen-bond donors (Lipinski definition) is 1. The highest BCUT2D eigenvalue weighted by Crippen LogP contribution is 2.13. The molecule has 3 rings (SSSR count). The summed E-state index contributed by atoms with van der Waals surface area (Å²) < 4.78 is 0. The molecule has 0 bridgehead atoms. The van der Waals surface area contributed by atoms with Crippen molar-refractivity contribution in [2.75, 3.05) is 26.2 Å². The molecule has 0 radical (unpaired) electrons. The van der Waals surface area contributed by atoms with E-state index in [-0.39, 0.29) is 11.8 Å². The van der Waals surface area contributed by atoms with Gasteiger partial charge in [-0.1, -0.05) is 60.7 Å². The Morgan fingerprint density at radius 2 is 1.55 bits per heavy atom. The number of amides is 2. The number of nitrogens with one attached hydrogen (secondary N) is 1. The van der Waals surface area contributed by atoms with E-state index in [2.05, 4.69) is 22.3 Å². The molecule has 1 saturated heterocycles. The number of benzene rings is 2. The van der Waals surface area contributed by atoms with Gasteiger partial charge in [0.2, 0.25) is 11.8 Å². The van der Waals surface area contributed by atoms with Gasteiger partial charge in [-0.15, -0.1) is 0 Å². The molecule has 0 aromatic heterocycles. The van der Waals surface area contributed by atoms with Gasteiger partial charge in [-0.2, -0.15) is 0 Å². The van der Waals surface area contributed by atoms with Crippen LogP contribution in [0.3, 0.4) is 0 Å². The smallest absolute Gasteiger partial charge is 0.244 e. The van der Waals surface area contributed by atoms with E-state index in [1.165, 1.54) is 5.56 Å². The predicted molar refractivity (Wildman–Crippen MR) is 116 cm³/mol. The highest BCUT2D eigenvalue weighted by atomic mass is 16.2. The molecule has 1 aliphatic heterocycles. The van der Waals surface area contributed by atoms with Crippen molar-refractivity contribution in [1.29, 1.82) is 0 Å². The highest BCUT2D eigenvalue weighted by Gasteiger charge is 2.25. The largest absolute Gasteiger partial charge is 0.341 e. The molecule has 0 unspecified atom stereocenters. The third kappa shape index (κ3) is 6.03. The number of rotatable bonds is 6. The Labute approximate surface area is 173 Å². The topological polar surface area (TPSA) is 52.7 Å². The standard InChI is InChI=1S/C24H29N3O2/c1-19(22-11-7-4-8-12-22)17-23(28)25-20(2)24(29)27-15-13-26(14-16-27)18-21-9-5-3-6-10-21/h3-12,17,20H,13-16,18H2,1-2H3,(H,25,28)/b19-17+/t20-/m0/s1. The molecule has 2 aromatic rings. The Morgan fingerprint density at radius 1 is 0.966 bits per heavy atom. The summed E-state index contributed by atoms with van der Waals surface area (Å²) in [6.07, 6.45) is 1.55. The molecule has 2 aromatic carbocycles. The molecule has 1 N–H and O–H groups in total. The Balaban J connectivity index is 1.47. The summed E-state index contributed by atoms with van der Waals surface area (Å²) in [6, 6.07) is 19.6. The first-order valence-corrected chi connectivity index (χ1v) is 10.1. The number of allylic oxidation sites excluding steroid dienone is 1. The van der Waals surface area contributed by atoms with Gasteiger partial charge >= 0.3 is 0 Å². The highest BCUT2D eigenvalue weighted by molar-refractivity contribution is 5.97. The maximum absolute atomic E-state index is 12.7. The van der Waals surface area contributed by atoms with Crippen molar-refractivity contribution in [2.24, 2.45) is 0 Å². The molecule has 1 atom stereocenters. The summed E-state index contributed by atoms with van der Waals surface area (Å²) in [7, 11) is 0. The molecule has 1 fully saturated rings. The molecule has 152 valence electrons. The van der Waals surface area contributed by atoms with Crippen LogP contribution in [0.4, 0.5) is 0 Å². The fourth-order valence-electron chi connectivity index (χ4n) is 3.54. The lowest BCUT2D eigenvalue weighted by Crippen LogP contribution is -2.53. The molecule has 0 spiro atoms. The third-order valence-electron chi connectivity index (χ3n) is 5.24. The van der Waals surface area contributed by atoms with Crippen molar-refractivity contribution in [3.05, 3.63) is 77.9 Å². The van der Waals surface area contributed by atoms with Crippen molar-refractivity contribution in [3.8, 4) is 0 Å². The lowest BCUT2D eigenvalue weighted by molar-refractivity contribution is -0.136. The molecule has 1 aliphatic rings. The fraction of sp³-hybridized carbons (Fsp3) is 0.333. The zero-order valence-corrected chi connectivity index (χ0v) is 17.2. The predicted octanol–water partition coefficient (Wildman–Crippen LogP) is 2.94. The average Bonchev–Trinajstić information content (AvgIpc) is 2.75. The summed E-state index contributed by atoms with van der Waals surface area (Å²) in [5, 5.41) is 2.81. The summed E-state index contributed by atoms with van der Waals surface area (Å²) in [4.78, 5) is 29.2. The van der Waals surface area contributed by atoms with Crippen LogP contribution in [-0.2, 0) is 16.1 Å². The molecule has 5 heteroatoms. The normalized spacial score (nSPS) is 16.3. The van der Waals surface area contributed by atoms with Crippen LogP contribution in [0.2, 0.25) is 0 Å². The van der Waals surface area contributed by atoms with Gasteiger partial charge in [0.05, 0.1) is 0 Å². The zero-order chi connectivity index (χ0) is 20.6. The van der Waals surface area contributed by atoms with Crippen LogP contribution in [0.15, 0.2) is 66.7 Å². The van der Waals surface area contributed by atoms with Gasteiger partial charge in [0, 0.05) is 38.8 Å². The second-order valence-corrected chi connectivity index (χ2v) is 7.51. The Hall–Kier alpha value is -2.92. The van der Waals surface area contributed by atoms with E-state index in [1.807, 2.05) is 60.4 Å². The third-order valence-corrected chi connectivity index (χ3v) is 5.24. The number of piperazine rings is 1. The van der Waals surface area contributed by atoms with Gasteiger partial charge < -0.3 is 10.2 Å². The molecular formula is C24H29N3O2. The first kappa shape index (κ1) is 20.8. The van der Waals surface area contributed by atoms with Crippen molar-refractivity contribution in [1.82, 2.24) is 15.1 Å². The van der Waals surface area contributed by atoms with E-state index in [0.717, 1.165) is 30.8 Å². The maximum Gasteiger partial charge on any atom is 0.244 e. The van der Waals surface area contributed by atoms with E-state index in [9.17, 15) is 9.59 Å². The Bertz CT molecular complexity index is 841. The molecule has 29 heavy (non-hydrogen) atoms. The minimum absolute atomic E-state index is 0.0246. The van der Waals surface area contributed by atoms with Crippen LogP contribution in [0.1, 0.15) is 25.0 Å². The van der Waals surface area contributed by atoms with Gasteiger partial charge in [-0.25, -0.2) is 0 Å². The number of carbonyl (C=O) groups excluding carboxylic acids is 2. The summed E-state index contributed by atoms with van der Waals surface area (Å²) in [5.74, 6) is -0.265. The summed E-state index contributed by atoms with van der Waals surface area (Å²) in [6.45, 7) is 7.60. The molecule has 1 heterocycles. The summed E-state index contributed by atoms with van der Waals surface area (Å²) in [5.41, 5.74) is 3.15. The molecule has 2 amide bonds. The molecule has 0 saturated carbocycles. The quantitative estimate of drug-likeness (QED) is 0.771. The molecular weight excluding hydrogens is 362 g/mol. The van der Waals surface area contributed by atoms with Gasteiger partial charge in [0.15, 0.2) is 0 Å². The first-order chi connectivity index (χ1) is 14.0. The Morgan fingerprint density at radius 3 is 2.17 bits per heavy atom. The minimum Gasteiger partial charge on any atom is -0.341 e. The van der Waals surface area contributed by atoms with Crippen molar-refractivity contribution >= 4 is 17.4 Å². The second kappa shape index (κ2) is 10.0. The number of hydrogen-bond acceptors (Lipinski definition) is 3. The zero-order valence-electron chi connectivity index (χ0n) is 17.2. The van der Waals surface area contributed by atoms with Crippen molar-refractivity contribution in [2.45, 2.75) is 26.4 Å². The van der Waals surface area contributed by atoms with Crippen LogP contribution in [0.25, 0.3) is 5.57 Å². The lowest BCUT2D eigenvalue weighted by Gasteiger charge is -2.36. The molecule has 0 aliphatic carbocycles. The van der Waals surface area contributed by atoms with Crippen LogP contribution in [0.5, 0.6) is 0 Å². The van der Waals surface area contributed by atoms with E-state index < -0.39 is 6.04 Å². The first-order valence-electron chi connectivity index (χ1n) is 10.1. The molecule has 5 nitrogen and oxygen atoms in total.